The second-order valence-electron chi connectivity index (χ2n) is 10.4. The Labute approximate surface area is 220 Å². The highest BCUT2D eigenvalue weighted by Crippen LogP contribution is 2.55. The monoisotopic (exact) mass is 496 g/mol. The van der Waals surface area contributed by atoms with Crippen molar-refractivity contribution in [1.82, 2.24) is 0 Å². The molecule has 4 atom stereocenters. The standard InChI is InChI=1S/C33H36O4/c1-3-5-9-22-13-17-24(18-14-22)32(34)36-30-28-21-29(27-12-8-7-11-26(27)28)31(30)37-33(35)25-19-15-23(16-20-25)10-6-4-2/h7-8,11-20,28-31H,3-6,9-10,21H2,1-2H3. The summed E-state index contributed by atoms with van der Waals surface area (Å²) >= 11 is 0. The van der Waals surface area contributed by atoms with Crippen molar-refractivity contribution in [1.29, 1.82) is 0 Å². The Morgan fingerprint density at radius 3 is 1.43 bits per heavy atom. The summed E-state index contributed by atoms with van der Waals surface area (Å²) < 4.78 is 12.2. The van der Waals surface area contributed by atoms with Crippen LogP contribution in [-0.4, -0.2) is 24.1 Å². The zero-order valence-corrected chi connectivity index (χ0v) is 21.8. The normalized spacial score (nSPS) is 21.5. The Balaban J connectivity index is 1.33. The summed E-state index contributed by atoms with van der Waals surface area (Å²) in [6.45, 7) is 4.34. The SMILES string of the molecule is CCCCc1ccc(C(=O)OC2C3CC(c4ccccc43)C2OC(=O)c2ccc(CCCC)cc2)cc1. The molecule has 0 aromatic heterocycles. The van der Waals surface area contributed by atoms with Gasteiger partial charge in [0.15, 0.2) is 0 Å². The van der Waals surface area contributed by atoms with Gasteiger partial charge in [0.2, 0.25) is 0 Å². The van der Waals surface area contributed by atoms with Crippen molar-refractivity contribution in [3.05, 3.63) is 106 Å². The van der Waals surface area contributed by atoms with Crippen molar-refractivity contribution in [3.8, 4) is 0 Å². The molecule has 0 spiro atoms. The quantitative estimate of drug-likeness (QED) is 0.274. The van der Waals surface area contributed by atoms with E-state index in [-0.39, 0.29) is 23.8 Å². The number of benzene rings is 3. The highest BCUT2D eigenvalue weighted by Gasteiger charge is 2.55. The summed E-state index contributed by atoms with van der Waals surface area (Å²) in [5.74, 6) is -0.664. The van der Waals surface area contributed by atoms with Crippen LogP contribution in [-0.2, 0) is 22.3 Å². The van der Waals surface area contributed by atoms with Gasteiger partial charge in [-0.05, 0) is 78.6 Å². The second-order valence-corrected chi connectivity index (χ2v) is 10.4. The number of fused-ring (bicyclic) bond motifs is 5. The Bertz CT molecular complexity index is 1130. The van der Waals surface area contributed by atoms with E-state index in [4.69, 9.17) is 9.47 Å². The smallest absolute Gasteiger partial charge is 0.338 e. The fourth-order valence-corrected chi connectivity index (χ4v) is 5.85. The molecule has 2 aliphatic rings. The number of esters is 2. The fourth-order valence-electron chi connectivity index (χ4n) is 5.85. The number of carbonyl (C=O) groups is 2. The molecule has 4 heteroatoms. The molecule has 3 aromatic rings. The topological polar surface area (TPSA) is 52.6 Å². The number of rotatable bonds is 10. The first-order valence-corrected chi connectivity index (χ1v) is 13.8. The molecule has 2 bridgehead atoms. The van der Waals surface area contributed by atoms with Crippen LogP contribution in [0.3, 0.4) is 0 Å². The Hall–Kier alpha value is -3.40. The number of ether oxygens (including phenoxy) is 2. The lowest BCUT2D eigenvalue weighted by atomic mass is 9.87. The Morgan fingerprint density at radius 2 is 1.05 bits per heavy atom. The zero-order valence-electron chi connectivity index (χ0n) is 21.8. The lowest BCUT2D eigenvalue weighted by molar-refractivity contribution is -0.0348. The van der Waals surface area contributed by atoms with Crippen molar-refractivity contribution in [2.24, 2.45) is 0 Å². The summed E-state index contributed by atoms with van der Waals surface area (Å²) in [6.07, 6.45) is 6.36. The molecule has 0 aliphatic heterocycles. The van der Waals surface area contributed by atoms with Gasteiger partial charge < -0.3 is 9.47 Å². The summed E-state index contributed by atoms with van der Waals surface area (Å²) in [6, 6.07) is 23.6. The third-order valence-electron chi connectivity index (χ3n) is 7.92. The van der Waals surface area contributed by atoms with Crippen molar-refractivity contribution in [3.63, 3.8) is 0 Å². The van der Waals surface area contributed by atoms with E-state index in [1.165, 1.54) is 22.3 Å². The van der Waals surface area contributed by atoms with E-state index < -0.39 is 12.2 Å². The maximum atomic E-state index is 13.2. The van der Waals surface area contributed by atoms with Crippen LogP contribution in [0.2, 0.25) is 0 Å². The minimum absolute atomic E-state index is 0.0307. The molecule has 0 amide bonds. The first-order chi connectivity index (χ1) is 18.1. The number of carbonyl (C=O) groups excluding carboxylic acids is 2. The third kappa shape index (κ3) is 5.34. The molecule has 4 unspecified atom stereocenters. The van der Waals surface area contributed by atoms with Crippen molar-refractivity contribution in [2.75, 3.05) is 0 Å². The van der Waals surface area contributed by atoms with Gasteiger partial charge in [-0.3, -0.25) is 0 Å². The predicted octanol–water partition coefficient (Wildman–Crippen LogP) is 7.41. The molecular weight excluding hydrogens is 460 g/mol. The van der Waals surface area contributed by atoms with E-state index >= 15 is 0 Å². The summed E-state index contributed by atoms with van der Waals surface area (Å²) in [4.78, 5) is 26.4. The van der Waals surface area contributed by atoms with E-state index in [1.807, 2.05) is 60.7 Å². The van der Waals surface area contributed by atoms with Crippen molar-refractivity contribution in [2.45, 2.75) is 82.8 Å². The molecule has 1 fully saturated rings. The Morgan fingerprint density at radius 1 is 0.649 bits per heavy atom. The van der Waals surface area contributed by atoms with Crippen LogP contribution >= 0.6 is 0 Å². The molecule has 0 radical (unpaired) electrons. The molecule has 1 saturated carbocycles. The average Bonchev–Trinajstić information content (AvgIpc) is 3.48. The third-order valence-corrected chi connectivity index (χ3v) is 7.92. The number of hydrogen-bond acceptors (Lipinski definition) is 4. The van der Waals surface area contributed by atoms with Crippen molar-refractivity contribution >= 4 is 11.9 Å². The number of aryl methyl sites for hydroxylation is 2. The van der Waals surface area contributed by atoms with Gasteiger partial charge >= 0.3 is 11.9 Å². The van der Waals surface area contributed by atoms with Gasteiger partial charge in [-0.15, -0.1) is 0 Å². The Kier molecular flexibility index (Phi) is 7.73. The minimum Gasteiger partial charge on any atom is -0.454 e. The van der Waals surface area contributed by atoms with Gasteiger partial charge in [-0.25, -0.2) is 9.59 Å². The maximum absolute atomic E-state index is 13.2. The van der Waals surface area contributed by atoms with E-state index in [2.05, 4.69) is 26.0 Å². The maximum Gasteiger partial charge on any atom is 0.338 e. The lowest BCUT2D eigenvalue weighted by Crippen LogP contribution is -2.39. The average molecular weight is 497 g/mol. The molecule has 5 rings (SSSR count). The first kappa shape index (κ1) is 25.3. The van der Waals surface area contributed by atoms with Crippen LogP contribution in [0.5, 0.6) is 0 Å². The fraction of sp³-hybridized carbons (Fsp3) is 0.394. The lowest BCUT2D eigenvalue weighted by Gasteiger charge is -2.32. The molecule has 0 N–H and O–H groups in total. The molecule has 4 nitrogen and oxygen atoms in total. The van der Waals surface area contributed by atoms with E-state index in [0.29, 0.717) is 11.1 Å². The van der Waals surface area contributed by atoms with Gasteiger partial charge in [0, 0.05) is 11.8 Å². The highest BCUT2D eigenvalue weighted by molar-refractivity contribution is 5.90. The summed E-state index contributed by atoms with van der Waals surface area (Å²) in [5, 5.41) is 0. The first-order valence-electron chi connectivity index (χ1n) is 13.8. The van der Waals surface area contributed by atoms with Gasteiger partial charge in [-0.1, -0.05) is 75.2 Å². The molecule has 37 heavy (non-hydrogen) atoms. The molecule has 192 valence electrons. The van der Waals surface area contributed by atoms with E-state index in [1.54, 1.807) is 0 Å². The van der Waals surface area contributed by atoms with E-state index in [0.717, 1.165) is 44.9 Å². The van der Waals surface area contributed by atoms with Crippen LogP contribution in [0.15, 0.2) is 72.8 Å². The molecule has 0 saturated heterocycles. The van der Waals surface area contributed by atoms with Crippen LogP contribution in [0.4, 0.5) is 0 Å². The second kappa shape index (κ2) is 11.3. The summed E-state index contributed by atoms with van der Waals surface area (Å²) in [5.41, 5.74) is 5.91. The van der Waals surface area contributed by atoms with Crippen LogP contribution < -0.4 is 0 Å². The van der Waals surface area contributed by atoms with Crippen LogP contribution in [0.1, 0.15) is 101 Å². The van der Waals surface area contributed by atoms with Crippen LogP contribution in [0.25, 0.3) is 0 Å². The zero-order chi connectivity index (χ0) is 25.8. The molecular formula is C33H36O4. The molecule has 3 aromatic carbocycles. The van der Waals surface area contributed by atoms with E-state index in [9.17, 15) is 9.59 Å². The number of hydrogen-bond donors (Lipinski definition) is 0. The van der Waals surface area contributed by atoms with Crippen molar-refractivity contribution < 1.29 is 19.1 Å². The molecule has 0 heterocycles. The minimum atomic E-state index is -0.500. The van der Waals surface area contributed by atoms with Gasteiger partial charge in [0.25, 0.3) is 0 Å². The largest absolute Gasteiger partial charge is 0.454 e. The number of unbranched alkanes of at least 4 members (excludes halogenated alkanes) is 2. The van der Waals surface area contributed by atoms with Gasteiger partial charge in [0.05, 0.1) is 11.1 Å². The van der Waals surface area contributed by atoms with Gasteiger partial charge in [0.1, 0.15) is 12.2 Å². The highest BCUT2D eigenvalue weighted by atomic mass is 16.6. The summed E-state index contributed by atoms with van der Waals surface area (Å²) in [7, 11) is 0. The van der Waals surface area contributed by atoms with Crippen LogP contribution in [0, 0.1) is 0 Å². The van der Waals surface area contributed by atoms with Gasteiger partial charge in [-0.2, -0.15) is 0 Å². The molecule has 2 aliphatic carbocycles. The predicted molar refractivity (Wildman–Crippen MR) is 145 cm³/mol.